The van der Waals surface area contributed by atoms with Gasteiger partial charge >= 0.3 is 5.97 Å². The van der Waals surface area contributed by atoms with Crippen LogP contribution < -0.4 is 4.90 Å². The van der Waals surface area contributed by atoms with Crippen LogP contribution >= 0.6 is 56.7 Å². The summed E-state index contributed by atoms with van der Waals surface area (Å²) in [5, 5.41) is 18.3. The Labute approximate surface area is 284 Å². The molecule has 4 unspecified atom stereocenters. The van der Waals surface area contributed by atoms with Crippen LogP contribution in [0.4, 0.5) is 11.4 Å². The molecule has 4 nitrogen and oxygen atoms in total. The van der Waals surface area contributed by atoms with Crippen LogP contribution in [0.1, 0.15) is 35.6 Å². The number of aliphatic carboxylic acids is 1. The molecule has 1 aliphatic heterocycles. The number of para-hydroxylation sites is 1. The molecular weight excluding hydrogens is 665 g/mol. The summed E-state index contributed by atoms with van der Waals surface area (Å²) in [4.78, 5) is 18.6. The molecule has 6 heterocycles. The van der Waals surface area contributed by atoms with Crippen molar-refractivity contribution < 1.29 is 9.90 Å². The second-order valence-corrected chi connectivity index (χ2v) is 17.9. The van der Waals surface area contributed by atoms with Gasteiger partial charge in [0.2, 0.25) is 0 Å². The summed E-state index contributed by atoms with van der Waals surface area (Å²) in [6.45, 7) is 0. The molecule has 2 aromatic carbocycles. The van der Waals surface area contributed by atoms with Crippen LogP contribution in [-0.4, -0.2) is 17.1 Å². The highest BCUT2D eigenvalue weighted by Crippen LogP contribution is 2.63. The van der Waals surface area contributed by atoms with Gasteiger partial charge in [-0.05, 0) is 96.8 Å². The lowest BCUT2D eigenvalue weighted by Crippen LogP contribution is -2.35. The van der Waals surface area contributed by atoms with Gasteiger partial charge in [-0.3, -0.25) is 0 Å². The third-order valence-corrected chi connectivity index (χ3v) is 16.3. The van der Waals surface area contributed by atoms with Gasteiger partial charge in [0.05, 0.1) is 9.40 Å². The number of benzene rings is 2. The van der Waals surface area contributed by atoms with Crippen molar-refractivity contribution in [3.63, 3.8) is 0 Å². The molecule has 46 heavy (non-hydrogen) atoms. The van der Waals surface area contributed by atoms with Crippen molar-refractivity contribution in [3.8, 4) is 26.3 Å². The van der Waals surface area contributed by atoms with Crippen molar-refractivity contribution in [3.05, 3.63) is 88.8 Å². The van der Waals surface area contributed by atoms with Gasteiger partial charge in [-0.2, -0.15) is 5.26 Å². The zero-order chi connectivity index (χ0) is 30.7. The van der Waals surface area contributed by atoms with E-state index >= 15 is 0 Å². The number of rotatable bonds is 5. The fourth-order valence-corrected chi connectivity index (χ4v) is 14.7. The fourth-order valence-electron chi connectivity index (χ4n) is 8.26. The van der Waals surface area contributed by atoms with Gasteiger partial charge in [0.1, 0.15) is 11.6 Å². The predicted molar refractivity (Wildman–Crippen MR) is 196 cm³/mol. The lowest BCUT2D eigenvalue weighted by molar-refractivity contribution is -0.132. The monoisotopic (exact) mass is 688 g/mol. The Morgan fingerprint density at radius 3 is 2.30 bits per heavy atom. The number of carboxylic acid groups (broad SMARTS) is 1. The Kier molecular flexibility index (Phi) is 6.01. The number of hydrogen-bond acceptors (Lipinski definition) is 8. The summed E-state index contributed by atoms with van der Waals surface area (Å²) in [5.41, 5.74) is 5.41. The number of nitrogens with zero attached hydrogens (tertiary/aromatic N) is 2. The Morgan fingerprint density at radius 2 is 1.52 bits per heavy atom. The highest BCUT2D eigenvalue weighted by atomic mass is 32.1. The van der Waals surface area contributed by atoms with E-state index in [1.807, 2.05) is 40.1 Å². The lowest BCUT2D eigenvalue weighted by atomic mass is 9.82. The minimum absolute atomic E-state index is 0.240. The van der Waals surface area contributed by atoms with Crippen LogP contribution in [-0.2, 0) is 4.79 Å². The summed E-state index contributed by atoms with van der Waals surface area (Å²) in [7, 11) is 0. The van der Waals surface area contributed by atoms with Crippen LogP contribution in [0.25, 0.3) is 54.5 Å². The molecule has 1 N–H and O–H groups in total. The Balaban J connectivity index is 0.994. The third kappa shape index (κ3) is 4.01. The number of anilines is 2. The first kappa shape index (κ1) is 27.3. The summed E-state index contributed by atoms with van der Waals surface area (Å²) >= 11 is 8.95. The van der Waals surface area contributed by atoms with E-state index in [9.17, 15) is 9.90 Å². The third-order valence-electron chi connectivity index (χ3n) is 10.1. The first-order chi connectivity index (χ1) is 22.5. The number of nitriles is 1. The van der Waals surface area contributed by atoms with Crippen LogP contribution in [0.5, 0.6) is 0 Å². The molecular formula is C37H24N2O2S5. The van der Waals surface area contributed by atoms with Crippen LogP contribution in [0.15, 0.2) is 78.4 Å². The van der Waals surface area contributed by atoms with Crippen LogP contribution in [0.2, 0.25) is 0 Å². The van der Waals surface area contributed by atoms with Gasteiger partial charge < -0.3 is 10.0 Å². The van der Waals surface area contributed by atoms with Gasteiger partial charge in [-0.15, -0.1) is 56.7 Å². The van der Waals surface area contributed by atoms with E-state index in [2.05, 4.69) is 71.6 Å². The summed E-state index contributed by atoms with van der Waals surface area (Å²) in [6.07, 6.45) is 5.58. The first-order valence-corrected chi connectivity index (χ1v) is 19.4. The molecule has 4 atom stereocenters. The van der Waals surface area contributed by atoms with E-state index in [0.717, 1.165) is 26.1 Å². The molecule has 3 aliphatic rings. The molecule has 10 rings (SSSR count). The Bertz CT molecular complexity index is 2420. The molecule has 0 radical (unpaired) electrons. The molecule has 0 saturated heterocycles. The minimum atomic E-state index is -1.19. The van der Waals surface area contributed by atoms with Gasteiger partial charge in [0, 0.05) is 61.6 Å². The molecule has 2 aliphatic carbocycles. The van der Waals surface area contributed by atoms with E-state index in [1.165, 1.54) is 87.0 Å². The van der Waals surface area contributed by atoms with Crippen molar-refractivity contribution >= 4 is 108 Å². The molecule has 0 amide bonds. The number of thiophene rings is 5. The van der Waals surface area contributed by atoms with Gasteiger partial charge in [-0.25, -0.2) is 4.79 Å². The first-order valence-electron chi connectivity index (χ1n) is 15.4. The van der Waals surface area contributed by atoms with E-state index in [-0.39, 0.29) is 5.57 Å². The standard InChI is InChI=1S/C37H24N2O2S5/c38-17-21(37(40)41)11-23-13-27-28(42-23)15-29(43-27)30-16-32-36(46-30)35-31(44-32)14-26(45-35)18-8-9-25-24(12-18)33-19-6-7-20(10-19)34(33)39(25)22-4-2-1-3-5-22/h1-5,8-9,11-16,19-20,33-34H,6-7,10H2,(H,40,41)/b21-11+. The second kappa shape index (κ2) is 10.1. The Morgan fingerprint density at radius 1 is 0.804 bits per heavy atom. The molecule has 2 fully saturated rings. The largest absolute Gasteiger partial charge is 0.477 e. The molecule has 5 aromatic heterocycles. The van der Waals surface area contributed by atoms with Crippen molar-refractivity contribution in [1.82, 2.24) is 0 Å². The van der Waals surface area contributed by atoms with Crippen molar-refractivity contribution in [1.29, 1.82) is 5.26 Å². The maximum atomic E-state index is 11.3. The topological polar surface area (TPSA) is 64.3 Å². The van der Waals surface area contributed by atoms with E-state index in [1.54, 1.807) is 23.0 Å². The smallest absolute Gasteiger partial charge is 0.346 e. The van der Waals surface area contributed by atoms with Crippen molar-refractivity contribution in [2.45, 2.75) is 31.2 Å². The maximum Gasteiger partial charge on any atom is 0.346 e. The van der Waals surface area contributed by atoms with Crippen molar-refractivity contribution in [2.24, 2.45) is 11.8 Å². The predicted octanol–water partition coefficient (Wildman–Crippen LogP) is 11.8. The summed E-state index contributed by atoms with van der Waals surface area (Å²) in [6, 6.07) is 29.6. The van der Waals surface area contributed by atoms with Gasteiger partial charge in [0.15, 0.2) is 0 Å². The van der Waals surface area contributed by atoms with E-state index < -0.39 is 5.97 Å². The quantitative estimate of drug-likeness (QED) is 0.144. The molecule has 7 aromatic rings. The van der Waals surface area contributed by atoms with Crippen LogP contribution in [0.3, 0.4) is 0 Å². The Hall–Kier alpha value is -3.78. The average Bonchev–Trinajstić information content (AvgIpc) is 3.89. The molecule has 9 heteroatoms. The second-order valence-electron chi connectivity index (χ2n) is 12.5. The zero-order valence-corrected chi connectivity index (χ0v) is 28.3. The number of hydrogen-bond donors (Lipinski definition) is 1. The minimum Gasteiger partial charge on any atom is -0.477 e. The number of fused-ring (bicyclic) bond motifs is 11. The van der Waals surface area contributed by atoms with E-state index in [0.29, 0.717) is 12.0 Å². The molecule has 2 saturated carbocycles. The highest BCUT2D eigenvalue weighted by molar-refractivity contribution is 7.41. The highest BCUT2D eigenvalue weighted by Gasteiger charge is 2.55. The summed E-state index contributed by atoms with van der Waals surface area (Å²) < 4.78 is 7.71. The normalized spacial score (nSPS) is 21.9. The maximum absolute atomic E-state index is 11.3. The lowest BCUT2D eigenvalue weighted by Gasteiger charge is -2.33. The van der Waals surface area contributed by atoms with Crippen LogP contribution in [0, 0.1) is 23.2 Å². The van der Waals surface area contributed by atoms with Crippen molar-refractivity contribution in [2.75, 3.05) is 4.90 Å². The number of carboxylic acids is 1. The van der Waals surface area contributed by atoms with E-state index in [4.69, 9.17) is 5.26 Å². The molecule has 2 bridgehead atoms. The molecule has 224 valence electrons. The fraction of sp³-hybridized carbons (Fsp3) is 0.189. The molecule has 0 spiro atoms. The number of carbonyl (C=O) groups is 1. The summed E-state index contributed by atoms with van der Waals surface area (Å²) in [5.74, 6) is 1.05. The SMILES string of the molecule is N#C/C(=C\c1cc2sc(-c3cc4sc5cc(-c6ccc7c(c6)C6C8CCC(C8)C6N7c6ccccc6)sc5c4s3)cc2s1)C(=O)O. The van der Waals surface area contributed by atoms with Gasteiger partial charge in [0.25, 0.3) is 0 Å². The average molecular weight is 689 g/mol. The van der Waals surface area contributed by atoms with Gasteiger partial charge in [-0.1, -0.05) is 24.3 Å². The zero-order valence-electron chi connectivity index (χ0n) is 24.2.